The van der Waals surface area contributed by atoms with Crippen LogP contribution < -0.4 is 45.5 Å². The molecule has 7 aliphatic heterocycles. The van der Waals surface area contributed by atoms with Crippen LogP contribution in [0.4, 0.5) is 50.8 Å². The Labute approximate surface area is 865 Å². The SMILES string of the molecule is CC(C)(C)OC(=O)N1CC2N=C(Cc3ccc4ncnc(Nc5ccc(OCc6ccccn6)c(Cl)c5)c4c3)OC2C1.Cc1ccc(Oc2ccc(Nc3ncnc4ccc(CC5=NCC6(CCNCC6)O5)cc34)cc2C)cn1.Cc1cncc(Oc2ccc(Nc3ncnc4ccc(CC5=NC(C)(C)CO5)cc34)cc2C)c1.Clc1cc(Nc2ncnc3ccc(CC4=NC5COCC5O4)cc23)ccc1OCc1ccccn1. The summed E-state index contributed by atoms with van der Waals surface area (Å²) in [5, 5.41) is 21.7. The summed E-state index contributed by atoms with van der Waals surface area (Å²) in [4.78, 5) is 85.7. The van der Waals surface area contributed by atoms with Crippen molar-refractivity contribution in [1.82, 2.24) is 70.0 Å². The molecule has 4 atom stereocenters. The molecule has 3 fully saturated rings. The predicted octanol–water partition coefficient (Wildman–Crippen LogP) is 21.9. The van der Waals surface area contributed by atoms with Gasteiger partial charge in [-0.3, -0.25) is 24.9 Å². The quantitative estimate of drug-likeness (QED) is 0.0336. The van der Waals surface area contributed by atoms with Crippen LogP contribution in [0.25, 0.3) is 43.6 Å². The van der Waals surface area contributed by atoms with E-state index in [-0.39, 0.29) is 41.5 Å². The van der Waals surface area contributed by atoms with Crippen molar-refractivity contribution in [2.24, 2.45) is 20.0 Å². The first-order chi connectivity index (χ1) is 71.8. The number of aryl methyl sites for hydroxylation is 4. The fourth-order valence-electron chi connectivity index (χ4n) is 17.9. The largest absolute Gasteiger partial charge is 0.486 e. The highest BCUT2D eigenvalue weighted by atomic mass is 35.5. The number of nitrogens with zero attached hydrogens (tertiary/aromatic N) is 17. The second kappa shape index (κ2) is 44.4. The molecule has 4 unspecified atom stereocenters. The van der Waals surface area contributed by atoms with Crippen LogP contribution in [0.3, 0.4) is 0 Å². The molecule has 16 aromatic rings. The summed E-state index contributed by atoms with van der Waals surface area (Å²) >= 11 is 13.0. The van der Waals surface area contributed by atoms with Gasteiger partial charge >= 0.3 is 6.09 Å². The van der Waals surface area contributed by atoms with Crippen LogP contribution >= 0.6 is 23.2 Å². The average Bonchev–Trinajstić information content (AvgIpc) is 1.28. The minimum Gasteiger partial charge on any atom is -0.486 e. The maximum atomic E-state index is 12.4. The van der Waals surface area contributed by atoms with Crippen LogP contribution in [0.2, 0.25) is 10.0 Å². The van der Waals surface area contributed by atoms with E-state index in [2.05, 4.69) is 141 Å². The molecule has 5 N–H and O–H groups in total. The molecule has 15 heterocycles. The van der Waals surface area contributed by atoms with Crippen LogP contribution in [-0.4, -0.2) is 188 Å². The van der Waals surface area contributed by atoms with Crippen LogP contribution in [0.1, 0.15) is 103 Å². The number of carbonyl (C=O) groups excluding carboxylic acids is 1. The zero-order chi connectivity index (χ0) is 102. The van der Waals surface area contributed by atoms with E-state index in [9.17, 15) is 4.79 Å². The van der Waals surface area contributed by atoms with Gasteiger partial charge in [0.05, 0.1) is 94.3 Å². The van der Waals surface area contributed by atoms with Gasteiger partial charge in [0.2, 0.25) is 0 Å². The smallest absolute Gasteiger partial charge is 0.410 e. The number of anilines is 8. The molecule has 33 nitrogen and oxygen atoms in total. The molecule has 23 rings (SSSR count). The predicted molar refractivity (Wildman–Crippen MR) is 573 cm³/mol. The normalized spacial score (nSPS) is 17.0. The van der Waals surface area contributed by atoms with Gasteiger partial charge in [-0.1, -0.05) is 59.6 Å². The lowest BCUT2D eigenvalue weighted by molar-refractivity contribution is 0.0271. The van der Waals surface area contributed by atoms with Crippen LogP contribution in [0.5, 0.6) is 34.5 Å². The van der Waals surface area contributed by atoms with Gasteiger partial charge in [0, 0.05) is 107 Å². The highest BCUT2D eigenvalue weighted by Gasteiger charge is 2.44. The third kappa shape index (κ3) is 25.1. The van der Waals surface area contributed by atoms with E-state index in [1.165, 1.54) is 6.33 Å². The highest BCUT2D eigenvalue weighted by molar-refractivity contribution is 6.32. The van der Waals surface area contributed by atoms with Crippen molar-refractivity contribution in [3.63, 3.8) is 0 Å². The van der Waals surface area contributed by atoms with Crippen molar-refractivity contribution in [2.45, 2.75) is 155 Å². The number of ether oxygens (including phenoxy) is 10. The maximum Gasteiger partial charge on any atom is 0.410 e. The number of carbonyl (C=O) groups is 1. The second-order valence-corrected chi connectivity index (χ2v) is 39.6. The Kier molecular flexibility index (Phi) is 29.7. The van der Waals surface area contributed by atoms with Crippen molar-refractivity contribution in [3.05, 3.63) is 323 Å². The highest BCUT2D eigenvalue weighted by Crippen LogP contribution is 2.40. The minimum atomic E-state index is -0.540. The number of hydrogen-bond donors (Lipinski definition) is 5. The van der Waals surface area contributed by atoms with Gasteiger partial charge < -0.3 is 78.9 Å². The maximum absolute atomic E-state index is 12.4. The summed E-state index contributed by atoms with van der Waals surface area (Å²) < 4.78 is 58.8. The first-order valence-corrected chi connectivity index (χ1v) is 49.8. The van der Waals surface area contributed by atoms with Gasteiger partial charge in [0.1, 0.15) is 138 Å². The Bertz CT molecular complexity index is 7690. The lowest BCUT2D eigenvalue weighted by atomic mass is 9.93. The number of pyridine rings is 4. The van der Waals surface area contributed by atoms with Gasteiger partial charge in [0.15, 0.2) is 23.6 Å². The van der Waals surface area contributed by atoms with E-state index in [0.717, 1.165) is 201 Å². The average molecular weight is 2020 g/mol. The third-order valence-electron chi connectivity index (χ3n) is 25.4. The fourth-order valence-corrected chi connectivity index (χ4v) is 18.4. The topological polar surface area (TPSA) is 377 Å². The van der Waals surface area contributed by atoms with E-state index in [1.807, 2.05) is 212 Å². The van der Waals surface area contributed by atoms with Gasteiger partial charge in [0.25, 0.3) is 0 Å². The molecule has 0 aliphatic carbocycles. The van der Waals surface area contributed by atoms with Crippen molar-refractivity contribution in [1.29, 1.82) is 0 Å². The number of aromatic nitrogens is 12. The summed E-state index contributed by atoms with van der Waals surface area (Å²) in [6, 6.07) is 64.8. The van der Waals surface area contributed by atoms with Crippen molar-refractivity contribution in [3.8, 4) is 34.5 Å². The number of amides is 1. The number of fused-ring (bicyclic) bond motifs is 6. The number of aliphatic imine (C=N–C) groups is 4. The standard InChI is InChI=1S/C31H31ClN6O4.C29H30N6O2.C27H27N5O2.C26H22ClN5O3/c1-31(2,3)42-30(39)38-15-25-27(16-38)41-28(37-25)13-19-7-9-24-22(12-19)29(35-18-34-24)36-20-8-10-26(23(32)14-20)40-17-21-6-4-5-11-33-21;1-19-13-22(5-8-26(19)36-23-6-3-20(2)31-16-23)35-28-24-14-21(4-7-25(24)33-18-34-28)15-27-32-17-29(37-27)9-11-30-12-10-29;1-17-9-21(14-28-13-17)34-24-8-6-20(10-18(24)2)31-26-22-11-19(5-7-23(22)29-16-30-26)12-25-32-27(3,4)15-33-25;27-20-11-17(5-7-23(20)34-12-18-3-1-2-8-28-18)31-26-19-9-16(4-6-21(19)29-15-30-26)10-25-32-22-13-33-14-24(22)35-25/h4-12,14,18,25,27H,13,15-17H2,1-3H3,(H,34,35,36);3-8,13-14,16,18,30H,9-12,15,17H2,1-2H3,(H,33,34,35);5-11,13-14,16H,12,15H2,1-4H3,(H,29,30,31);1-9,11,15,22,24H,10,12-14H2,(H,29,30,31). The molecular formula is C113H110Cl2N22O11. The molecule has 752 valence electrons. The van der Waals surface area contributed by atoms with Crippen LogP contribution in [0, 0.1) is 27.7 Å². The first kappa shape index (κ1) is 99.1. The first-order valence-electron chi connectivity index (χ1n) is 49.1. The van der Waals surface area contributed by atoms with Gasteiger partial charge in [-0.25, -0.2) is 59.6 Å². The number of piperidine rings is 1. The monoisotopic (exact) mass is 2020 g/mol. The van der Waals surface area contributed by atoms with E-state index in [4.69, 9.17) is 80.6 Å². The molecule has 3 saturated heterocycles. The van der Waals surface area contributed by atoms with Gasteiger partial charge in [-0.2, -0.15) is 0 Å². The van der Waals surface area contributed by atoms with Crippen molar-refractivity contribution >= 4 is 143 Å². The molecule has 8 aromatic heterocycles. The molecule has 0 saturated carbocycles. The number of likely N-dealkylation sites (tertiary alicyclic amines) is 1. The molecule has 1 amide bonds. The Morgan fingerprint density at radius 1 is 0.473 bits per heavy atom. The van der Waals surface area contributed by atoms with Gasteiger partial charge in [-0.05, 0) is 278 Å². The zero-order valence-corrected chi connectivity index (χ0v) is 84.7. The zero-order valence-electron chi connectivity index (χ0n) is 83.2. The Morgan fingerprint density at radius 3 is 1.40 bits per heavy atom. The third-order valence-corrected chi connectivity index (χ3v) is 26.0. The number of benzene rings is 8. The van der Waals surface area contributed by atoms with Gasteiger partial charge in [-0.15, -0.1) is 0 Å². The summed E-state index contributed by atoms with van der Waals surface area (Å²) in [5.74, 6) is 10.0. The lowest BCUT2D eigenvalue weighted by Crippen LogP contribution is -2.44. The molecule has 1 spiro atoms. The van der Waals surface area contributed by atoms with E-state index in [0.29, 0.717) is 117 Å². The summed E-state index contributed by atoms with van der Waals surface area (Å²) in [6.45, 7) is 23.9. The lowest BCUT2D eigenvalue weighted by Gasteiger charge is -2.32. The molecule has 35 heteroatoms. The minimum absolute atomic E-state index is 0.0478. The Morgan fingerprint density at radius 2 is 0.953 bits per heavy atom. The van der Waals surface area contributed by atoms with E-state index >= 15 is 0 Å². The number of nitrogens with one attached hydrogen (secondary N) is 5. The van der Waals surface area contributed by atoms with Crippen molar-refractivity contribution < 1.29 is 52.2 Å². The summed E-state index contributed by atoms with van der Waals surface area (Å²) in [7, 11) is 0. The molecule has 148 heavy (non-hydrogen) atoms. The molecule has 8 aromatic carbocycles. The Balaban J connectivity index is 0.000000120. The number of halogens is 2. The Hall–Kier alpha value is -16.2. The summed E-state index contributed by atoms with van der Waals surface area (Å²) in [5.41, 5.74) is 16.0. The fraction of sp³-hybridized carbons (Fsp3) is 0.283. The van der Waals surface area contributed by atoms with E-state index < -0.39 is 5.60 Å². The summed E-state index contributed by atoms with van der Waals surface area (Å²) in [6.07, 6.45) is 19.0. The molecule has 0 bridgehead atoms. The molecular weight excluding hydrogens is 1910 g/mol. The number of rotatable bonds is 26. The van der Waals surface area contributed by atoms with Crippen molar-refractivity contribution in [2.75, 3.05) is 73.8 Å². The number of hydrogen-bond acceptors (Lipinski definition) is 32. The van der Waals surface area contributed by atoms with Crippen LogP contribution in [-0.2, 0) is 67.3 Å². The second-order valence-electron chi connectivity index (χ2n) is 38.8. The molecule has 7 aliphatic rings. The molecule has 0 radical (unpaired) electrons. The van der Waals surface area contributed by atoms with Crippen LogP contribution in [0.15, 0.2) is 276 Å². The van der Waals surface area contributed by atoms with E-state index in [1.54, 1.807) is 60.9 Å².